The van der Waals surface area contributed by atoms with Gasteiger partial charge in [0.15, 0.2) is 0 Å². The average Bonchev–Trinajstić information content (AvgIpc) is 2.48. The van der Waals surface area contributed by atoms with Gasteiger partial charge in [0.25, 0.3) is 0 Å². The third kappa shape index (κ3) is 3.93. The molecular formula is C15H20FN3O2. The van der Waals surface area contributed by atoms with Crippen molar-refractivity contribution in [2.75, 3.05) is 32.5 Å². The molecule has 3 amide bonds. The zero-order valence-electron chi connectivity index (χ0n) is 12.3. The van der Waals surface area contributed by atoms with E-state index >= 15 is 0 Å². The topological polar surface area (TPSA) is 52.7 Å². The molecule has 0 saturated carbocycles. The Morgan fingerprint density at radius 1 is 1.29 bits per heavy atom. The Morgan fingerprint density at radius 2 is 1.95 bits per heavy atom. The third-order valence-corrected chi connectivity index (χ3v) is 3.56. The number of carbonyl (C=O) groups is 2. The fraction of sp³-hybridized carbons (Fsp3) is 0.467. The van der Waals surface area contributed by atoms with Gasteiger partial charge in [-0.05, 0) is 37.1 Å². The van der Waals surface area contributed by atoms with Crippen molar-refractivity contribution in [3.8, 4) is 0 Å². The smallest absolute Gasteiger partial charge is 0.319 e. The van der Waals surface area contributed by atoms with Crippen molar-refractivity contribution in [2.24, 2.45) is 5.92 Å². The van der Waals surface area contributed by atoms with Crippen molar-refractivity contribution in [1.29, 1.82) is 0 Å². The molecule has 1 aliphatic rings. The van der Waals surface area contributed by atoms with Gasteiger partial charge in [-0.2, -0.15) is 0 Å². The Bertz CT molecular complexity index is 516. The van der Waals surface area contributed by atoms with Crippen LogP contribution in [0.3, 0.4) is 0 Å². The van der Waals surface area contributed by atoms with Gasteiger partial charge in [0, 0.05) is 32.9 Å². The van der Waals surface area contributed by atoms with Crippen LogP contribution in [-0.4, -0.2) is 48.9 Å². The summed E-state index contributed by atoms with van der Waals surface area (Å²) in [5.74, 6) is -0.695. The van der Waals surface area contributed by atoms with E-state index in [1.807, 2.05) is 0 Å². The first-order chi connectivity index (χ1) is 9.97. The van der Waals surface area contributed by atoms with E-state index in [0.29, 0.717) is 18.8 Å². The van der Waals surface area contributed by atoms with Gasteiger partial charge in [-0.1, -0.05) is 0 Å². The summed E-state index contributed by atoms with van der Waals surface area (Å²) in [5.41, 5.74) is 0.567. The molecule has 6 heteroatoms. The number of nitrogens with one attached hydrogen (secondary N) is 1. The first kappa shape index (κ1) is 15.3. The number of anilines is 1. The highest BCUT2D eigenvalue weighted by Crippen LogP contribution is 2.19. The fourth-order valence-electron chi connectivity index (χ4n) is 2.43. The zero-order valence-corrected chi connectivity index (χ0v) is 12.3. The summed E-state index contributed by atoms with van der Waals surface area (Å²) in [5, 5.41) is 2.77. The van der Waals surface area contributed by atoms with Gasteiger partial charge >= 0.3 is 6.03 Å². The molecule has 1 N–H and O–H groups in total. The molecular weight excluding hydrogens is 273 g/mol. The summed E-state index contributed by atoms with van der Waals surface area (Å²) in [6, 6.07) is 5.59. The minimum Gasteiger partial charge on any atom is -0.331 e. The second kappa shape index (κ2) is 6.56. The Labute approximate surface area is 123 Å². The highest BCUT2D eigenvalue weighted by Gasteiger charge is 2.29. The van der Waals surface area contributed by atoms with E-state index in [9.17, 15) is 14.0 Å². The number of piperidine rings is 1. The van der Waals surface area contributed by atoms with Crippen LogP contribution in [0.5, 0.6) is 0 Å². The zero-order chi connectivity index (χ0) is 15.4. The molecule has 1 aromatic rings. The van der Waals surface area contributed by atoms with Crippen LogP contribution in [-0.2, 0) is 4.79 Å². The first-order valence-electron chi connectivity index (χ1n) is 7.00. The molecule has 0 radical (unpaired) electrons. The van der Waals surface area contributed by atoms with E-state index in [2.05, 4.69) is 5.32 Å². The van der Waals surface area contributed by atoms with Crippen molar-refractivity contribution in [1.82, 2.24) is 9.80 Å². The maximum Gasteiger partial charge on any atom is 0.319 e. The molecule has 1 fully saturated rings. The normalized spacial score (nSPS) is 18.2. The molecule has 0 bridgehead atoms. The van der Waals surface area contributed by atoms with Crippen molar-refractivity contribution in [3.63, 3.8) is 0 Å². The van der Waals surface area contributed by atoms with E-state index < -0.39 is 0 Å². The van der Waals surface area contributed by atoms with Gasteiger partial charge in [-0.3, -0.25) is 4.79 Å². The van der Waals surface area contributed by atoms with Gasteiger partial charge in [-0.25, -0.2) is 9.18 Å². The third-order valence-electron chi connectivity index (χ3n) is 3.56. The van der Waals surface area contributed by atoms with E-state index in [0.717, 1.165) is 12.8 Å². The molecule has 2 rings (SSSR count). The standard InChI is InChI=1S/C15H20FN3O2/c1-18(2)15(21)19-9-3-4-11(10-19)14(20)17-13-7-5-12(16)6-8-13/h5-8,11H,3-4,9-10H2,1-2H3,(H,17,20)/t11-/m0/s1. The van der Waals surface area contributed by atoms with Crippen LogP contribution in [0.25, 0.3) is 0 Å². The number of halogens is 1. The summed E-state index contributed by atoms with van der Waals surface area (Å²) >= 11 is 0. The molecule has 0 aromatic heterocycles. The Balaban J connectivity index is 1.96. The first-order valence-corrected chi connectivity index (χ1v) is 7.00. The second-order valence-corrected chi connectivity index (χ2v) is 5.46. The number of benzene rings is 1. The SMILES string of the molecule is CN(C)C(=O)N1CCC[C@H](C(=O)Nc2ccc(F)cc2)C1. The van der Waals surface area contributed by atoms with E-state index in [4.69, 9.17) is 0 Å². The number of amides is 3. The number of rotatable bonds is 2. The summed E-state index contributed by atoms with van der Waals surface area (Å²) in [4.78, 5) is 27.4. The van der Waals surface area contributed by atoms with E-state index in [1.165, 1.54) is 29.2 Å². The number of likely N-dealkylation sites (tertiary alicyclic amines) is 1. The molecule has 0 aliphatic carbocycles. The number of nitrogens with zero attached hydrogens (tertiary/aromatic N) is 2. The predicted molar refractivity (Wildman–Crippen MR) is 78.4 cm³/mol. The number of urea groups is 1. The van der Waals surface area contributed by atoms with Crippen molar-refractivity contribution >= 4 is 17.6 Å². The minimum absolute atomic E-state index is 0.0747. The monoisotopic (exact) mass is 293 g/mol. The van der Waals surface area contributed by atoms with Crippen LogP contribution in [0.15, 0.2) is 24.3 Å². The lowest BCUT2D eigenvalue weighted by molar-refractivity contribution is -0.121. The predicted octanol–water partition coefficient (Wildman–Crippen LogP) is 2.16. The Kier molecular flexibility index (Phi) is 4.77. The Morgan fingerprint density at radius 3 is 2.57 bits per heavy atom. The molecule has 1 aliphatic heterocycles. The fourth-order valence-corrected chi connectivity index (χ4v) is 2.43. The molecule has 1 aromatic carbocycles. The van der Waals surface area contributed by atoms with Gasteiger partial charge in [0.2, 0.25) is 5.91 Å². The lowest BCUT2D eigenvalue weighted by Gasteiger charge is -2.33. The molecule has 114 valence electrons. The molecule has 0 unspecified atom stereocenters. The Hall–Kier alpha value is -2.11. The summed E-state index contributed by atoms with van der Waals surface area (Å²) < 4.78 is 12.8. The quantitative estimate of drug-likeness (QED) is 0.908. The summed E-state index contributed by atoms with van der Waals surface area (Å²) in [6.45, 7) is 1.10. The number of carbonyl (C=O) groups excluding carboxylic acids is 2. The van der Waals surface area contributed by atoms with Gasteiger partial charge < -0.3 is 15.1 Å². The average molecular weight is 293 g/mol. The van der Waals surface area contributed by atoms with E-state index in [-0.39, 0.29) is 23.7 Å². The highest BCUT2D eigenvalue weighted by molar-refractivity contribution is 5.93. The van der Waals surface area contributed by atoms with Crippen LogP contribution >= 0.6 is 0 Å². The van der Waals surface area contributed by atoms with Gasteiger partial charge in [0.05, 0.1) is 5.92 Å². The molecule has 5 nitrogen and oxygen atoms in total. The maximum atomic E-state index is 12.8. The second-order valence-electron chi connectivity index (χ2n) is 5.46. The van der Waals surface area contributed by atoms with Crippen LogP contribution in [0.1, 0.15) is 12.8 Å². The van der Waals surface area contributed by atoms with E-state index in [1.54, 1.807) is 19.0 Å². The van der Waals surface area contributed by atoms with Crippen LogP contribution in [0.2, 0.25) is 0 Å². The molecule has 21 heavy (non-hydrogen) atoms. The van der Waals surface area contributed by atoms with Crippen molar-refractivity contribution in [2.45, 2.75) is 12.8 Å². The van der Waals surface area contributed by atoms with Crippen LogP contribution in [0, 0.1) is 11.7 Å². The lowest BCUT2D eigenvalue weighted by Crippen LogP contribution is -2.47. The highest BCUT2D eigenvalue weighted by atomic mass is 19.1. The number of hydrogen-bond donors (Lipinski definition) is 1. The largest absolute Gasteiger partial charge is 0.331 e. The summed E-state index contributed by atoms with van der Waals surface area (Å²) in [6.07, 6.45) is 1.56. The van der Waals surface area contributed by atoms with Gasteiger partial charge in [-0.15, -0.1) is 0 Å². The van der Waals surface area contributed by atoms with Gasteiger partial charge in [0.1, 0.15) is 5.82 Å². The maximum absolute atomic E-state index is 12.8. The number of hydrogen-bond acceptors (Lipinski definition) is 2. The minimum atomic E-state index is -0.339. The van der Waals surface area contributed by atoms with Crippen molar-refractivity contribution in [3.05, 3.63) is 30.1 Å². The molecule has 0 spiro atoms. The van der Waals surface area contributed by atoms with Crippen LogP contribution < -0.4 is 5.32 Å². The van der Waals surface area contributed by atoms with Crippen LogP contribution in [0.4, 0.5) is 14.9 Å². The molecule has 1 heterocycles. The lowest BCUT2D eigenvalue weighted by atomic mass is 9.97. The van der Waals surface area contributed by atoms with Crippen molar-refractivity contribution < 1.29 is 14.0 Å². The molecule has 1 saturated heterocycles. The summed E-state index contributed by atoms with van der Waals surface area (Å²) in [7, 11) is 3.40. The molecule has 1 atom stereocenters.